The van der Waals surface area contributed by atoms with Crippen LogP contribution in [-0.2, 0) is 23.1 Å². The van der Waals surface area contributed by atoms with Crippen molar-refractivity contribution in [3.8, 4) is 0 Å². The summed E-state index contributed by atoms with van der Waals surface area (Å²) >= 11 is 6.08. The quantitative estimate of drug-likeness (QED) is 0.643. The molecule has 0 fully saturated rings. The van der Waals surface area contributed by atoms with E-state index in [-0.39, 0.29) is 5.69 Å². The van der Waals surface area contributed by atoms with Gasteiger partial charge in [0.2, 0.25) is 0 Å². The Morgan fingerprint density at radius 2 is 1.91 bits per heavy atom. The number of non-ortho nitro benzene ring substituents is 1. The lowest BCUT2D eigenvalue weighted by molar-refractivity contribution is -0.384. The normalized spacial score (nSPS) is 11.9. The minimum absolute atomic E-state index is 0.0722. The predicted molar refractivity (Wildman–Crippen MR) is 89.6 cm³/mol. The van der Waals surface area contributed by atoms with Gasteiger partial charge in [0.05, 0.1) is 4.92 Å². The summed E-state index contributed by atoms with van der Waals surface area (Å²) in [4.78, 5) is 10.2. The molecule has 1 atom stereocenters. The van der Waals surface area contributed by atoms with Gasteiger partial charge in [-0.15, -0.1) is 0 Å². The number of benzene rings is 2. The smallest absolute Gasteiger partial charge is 0.269 e. The number of anilines is 1. The first-order chi connectivity index (χ1) is 10.5. The summed E-state index contributed by atoms with van der Waals surface area (Å²) in [7, 11) is -0.958. The van der Waals surface area contributed by atoms with Crippen molar-refractivity contribution in [2.75, 3.05) is 11.6 Å². The molecule has 0 aliphatic heterocycles. The monoisotopic (exact) mass is 338 g/mol. The lowest BCUT2D eigenvalue weighted by atomic mass is 10.2. The zero-order valence-corrected chi connectivity index (χ0v) is 13.5. The van der Waals surface area contributed by atoms with E-state index in [9.17, 15) is 14.3 Å². The summed E-state index contributed by atoms with van der Waals surface area (Å²) in [6.07, 6.45) is 1.63. The number of nitrogens with one attached hydrogen (secondary N) is 1. The van der Waals surface area contributed by atoms with Gasteiger partial charge in [-0.25, -0.2) is 0 Å². The van der Waals surface area contributed by atoms with Crippen LogP contribution >= 0.6 is 11.6 Å². The Labute approximate surface area is 135 Å². The third kappa shape index (κ3) is 4.54. The van der Waals surface area contributed by atoms with Crippen LogP contribution in [0, 0.1) is 10.1 Å². The molecule has 116 valence electrons. The summed E-state index contributed by atoms with van der Waals surface area (Å²) in [5.41, 5.74) is 2.70. The van der Waals surface area contributed by atoms with Crippen molar-refractivity contribution in [1.82, 2.24) is 0 Å². The van der Waals surface area contributed by atoms with Crippen LogP contribution in [0.1, 0.15) is 11.1 Å². The molecule has 1 N–H and O–H groups in total. The summed E-state index contributed by atoms with van der Waals surface area (Å²) < 4.78 is 11.3. The van der Waals surface area contributed by atoms with E-state index in [0.717, 1.165) is 16.8 Å². The van der Waals surface area contributed by atoms with E-state index >= 15 is 0 Å². The Kier molecular flexibility index (Phi) is 5.51. The van der Waals surface area contributed by atoms with Crippen molar-refractivity contribution >= 4 is 33.8 Å². The van der Waals surface area contributed by atoms with Gasteiger partial charge in [0.25, 0.3) is 5.69 Å². The molecule has 0 aliphatic rings. The maximum atomic E-state index is 11.3. The van der Waals surface area contributed by atoms with Crippen LogP contribution in [0.2, 0.25) is 5.02 Å². The zero-order valence-electron chi connectivity index (χ0n) is 11.9. The first kappa shape index (κ1) is 16.5. The van der Waals surface area contributed by atoms with Crippen LogP contribution < -0.4 is 5.32 Å². The number of halogens is 1. The van der Waals surface area contributed by atoms with Gasteiger partial charge in [-0.05, 0) is 29.3 Å². The fourth-order valence-corrected chi connectivity index (χ4v) is 2.89. The molecule has 0 bridgehead atoms. The highest BCUT2D eigenvalue weighted by atomic mass is 35.5. The second-order valence-electron chi connectivity index (χ2n) is 4.80. The van der Waals surface area contributed by atoms with E-state index < -0.39 is 15.7 Å². The average molecular weight is 339 g/mol. The summed E-state index contributed by atoms with van der Waals surface area (Å²) in [5.74, 6) is 0.409. The van der Waals surface area contributed by atoms with Gasteiger partial charge in [-0.1, -0.05) is 23.7 Å². The van der Waals surface area contributed by atoms with Crippen molar-refractivity contribution in [2.45, 2.75) is 12.3 Å². The van der Waals surface area contributed by atoms with Crippen molar-refractivity contribution in [1.29, 1.82) is 0 Å². The van der Waals surface area contributed by atoms with Crippen LogP contribution in [0.5, 0.6) is 0 Å². The van der Waals surface area contributed by atoms with Gasteiger partial charge in [-0.3, -0.25) is 14.3 Å². The van der Waals surface area contributed by atoms with E-state index in [0.29, 0.717) is 17.3 Å². The lowest BCUT2D eigenvalue weighted by Crippen LogP contribution is -2.01. The van der Waals surface area contributed by atoms with Crippen molar-refractivity contribution in [3.05, 3.63) is 68.7 Å². The predicted octanol–water partition coefficient (Wildman–Crippen LogP) is 3.74. The van der Waals surface area contributed by atoms with E-state index in [1.807, 2.05) is 12.1 Å². The lowest BCUT2D eigenvalue weighted by Gasteiger charge is -2.09. The molecule has 0 saturated carbocycles. The molecule has 22 heavy (non-hydrogen) atoms. The van der Waals surface area contributed by atoms with Crippen molar-refractivity contribution in [3.63, 3.8) is 0 Å². The minimum Gasteiger partial charge on any atom is -0.381 e. The fraction of sp³-hybridized carbons (Fsp3) is 0.200. The average Bonchev–Trinajstić information content (AvgIpc) is 2.48. The molecule has 0 unspecified atom stereocenters. The zero-order chi connectivity index (χ0) is 16.1. The molecular formula is C15H15ClN2O3S. The number of rotatable bonds is 6. The maximum Gasteiger partial charge on any atom is 0.269 e. The highest BCUT2D eigenvalue weighted by Crippen LogP contribution is 2.22. The Morgan fingerprint density at radius 3 is 2.50 bits per heavy atom. The number of hydrogen-bond donors (Lipinski definition) is 1. The minimum atomic E-state index is -0.958. The van der Waals surface area contributed by atoms with Crippen LogP contribution in [-0.4, -0.2) is 15.4 Å². The van der Waals surface area contributed by atoms with Crippen molar-refractivity contribution in [2.24, 2.45) is 0 Å². The van der Waals surface area contributed by atoms with E-state index in [2.05, 4.69) is 5.32 Å². The third-order valence-corrected chi connectivity index (χ3v) is 4.13. The number of nitro groups is 1. The van der Waals surface area contributed by atoms with Gasteiger partial charge in [-0.2, -0.15) is 0 Å². The van der Waals surface area contributed by atoms with Crippen LogP contribution in [0.15, 0.2) is 42.5 Å². The molecule has 0 heterocycles. The summed E-state index contributed by atoms with van der Waals surface area (Å²) in [6, 6.07) is 11.9. The molecule has 0 radical (unpaired) electrons. The second kappa shape index (κ2) is 7.38. The van der Waals surface area contributed by atoms with Gasteiger partial charge in [0, 0.05) is 52.2 Å². The Bertz CT molecular complexity index is 704. The third-order valence-electron chi connectivity index (χ3n) is 3.05. The molecule has 2 aromatic rings. The Morgan fingerprint density at radius 1 is 1.23 bits per heavy atom. The van der Waals surface area contributed by atoms with E-state index in [1.54, 1.807) is 24.5 Å². The standard InChI is InChI=1S/C15H15ClN2O3S/c1-22(21)10-12-8-13(4-7-15(12)16)17-9-11-2-5-14(6-3-11)18(19)20/h2-8,17H,9-10H2,1H3/t22-/m0/s1. The summed E-state index contributed by atoms with van der Waals surface area (Å²) in [5, 5.41) is 14.4. The van der Waals surface area contributed by atoms with Crippen LogP contribution in [0.3, 0.4) is 0 Å². The van der Waals surface area contributed by atoms with Gasteiger partial charge in [0.1, 0.15) is 0 Å². The van der Waals surface area contributed by atoms with Crippen molar-refractivity contribution < 1.29 is 9.13 Å². The molecular weight excluding hydrogens is 324 g/mol. The van der Waals surface area contributed by atoms with Crippen LogP contribution in [0.4, 0.5) is 11.4 Å². The fourth-order valence-electron chi connectivity index (χ4n) is 1.95. The Hall–Kier alpha value is -1.92. The molecule has 0 spiro atoms. The maximum absolute atomic E-state index is 11.3. The van der Waals surface area contributed by atoms with Gasteiger partial charge in [0.15, 0.2) is 0 Å². The van der Waals surface area contributed by atoms with Crippen LogP contribution in [0.25, 0.3) is 0 Å². The topological polar surface area (TPSA) is 72.2 Å². The molecule has 7 heteroatoms. The first-order valence-corrected chi connectivity index (χ1v) is 8.62. The molecule has 0 aliphatic carbocycles. The largest absolute Gasteiger partial charge is 0.381 e. The number of hydrogen-bond acceptors (Lipinski definition) is 4. The molecule has 2 rings (SSSR count). The van der Waals surface area contributed by atoms with Gasteiger partial charge < -0.3 is 5.32 Å². The first-order valence-electron chi connectivity index (χ1n) is 6.51. The second-order valence-corrected chi connectivity index (χ2v) is 6.64. The summed E-state index contributed by atoms with van der Waals surface area (Å²) in [6.45, 7) is 0.536. The highest BCUT2D eigenvalue weighted by molar-refractivity contribution is 7.83. The Balaban J connectivity index is 2.04. The number of nitrogens with zero attached hydrogens (tertiary/aromatic N) is 1. The van der Waals surface area contributed by atoms with Gasteiger partial charge >= 0.3 is 0 Å². The number of nitro benzene ring substituents is 1. The molecule has 5 nitrogen and oxygen atoms in total. The molecule has 0 saturated heterocycles. The molecule has 0 aromatic heterocycles. The molecule has 2 aromatic carbocycles. The molecule has 0 amide bonds. The SMILES string of the molecule is C[S@](=O)Cc1cc(NCc2ccc([N+](=O)[O-])cc2)ccc1Cl. The van der Waals surface area contributed by atoms with E-state index in [4.69, 9.17) is 11.6 Å². The highest BCUT2D eigenvalue weighted by Gasteiger charge is 2.06. The van der Waals surface area contributed by atoms with E-state index in [1.165, 1.54) is 12.1 Å².